The van der Waals surface area contributed by atoms with Gasteiger partial charge in [0.15, 0.2) is 0 Å². The van der Waals surface area contributed by atoms with E-state index in [1.54, 1.807) is 24.3 Å². The number of hydrogen-bond acceptors (Lipinski definition) is 2. The molecule has 0 aliphatic heterocycles. The van der Waals surface area contributed by atoms with Crippen molar-refractivity contribution in [3.8, 4) is 6.07 Å². The fourth-order valence-electron chi connectivity index (χ4n) is 1.62. The van der Waals surface area contributed by atoms with Crippen molar-refractivity contribution in [1.29, 1.82) is 5.26 Å². The summed E-state index contributed by atoms with van der Waals surface area (Å²) in [5, 5.41) is 8.93. The predicted octanol–water partition coefficient (Wildman–Crippen LogP) is 3.17. The molecule has 0 aliphatic carbocycles. The Balaban J connectivity index is 2.54. The third-order valence-corrected chi connectivity index (χ3v) is 3.91. The summed E-state index contributed by atoms with van der Waals surface area (Å²) in [5.41, 5.74) is 0.813. The summed E-state index contributed by atoms with van der Waals surface area (Å²) in [5.74, 6) is -0.643. The van der Waals surface area contributed by atoms with E-state index < -0.39 is 16.6 Å². The number of benzene rings is 2. The van der Waals surface area contributed by atoms with Crippen molar-refractivity contribution in [3.05, 3.63) is 59.4 Å². The molecule has 0 aliphatic rings. The summed E-state index contributed by atoms with van der Waals surface area (Å²) in [7, 11) is -1.54. The van der Waals surface area contributed by atoms with Gasteiger partial charge in [-0.3, -0.25) is 0 Å². The van der Waals surface area contributed by atoms with Crippen LogP contribution in [0.2, 0.25) is 0 Å². The van der Waals surface area contributed by atoms with E-state index in [9.17, 15) is 8.60 Å². The zero-order valence-electron chi connectivity index (χ0n) is 9.68. The lowest BCUT2D eigenvalue weighted by molar-refractivity contribution is 0.618. The van der Waals surface area contributed by atoms with Crippen LogP contribution in [0.5, 0.6) is 0 Å². The van der Waals surface area contributed by atoms with Crippen molar-refractivity contribution in [3.63, 3.8) is 0 Å². The summed E-state index contributed by atoms with van der Waals surface area (Å²) in [4.78, 5) is 0.778. The number of aryl methyl sites for hydroxylation is 1. The normalized spacial score (nSPS) is 11.8. The second-order valence-electron chi connectivity index (χ2n) is 3.81. The van der Waals surface area contributed by atoms with Crippen molar-refractivity contribution in [1.82, 2.24) is 0 Å². The largest absolute Gasteiger partial charge is 0.249 e. The first-order valence-electron chi connectivity index (χ1n) is 5.30. The van der Waals surface area contributed by atoms with Crippen molar-refractivity contribution in [2.45, 2.75) is 16.7 Å². The summed E-state index contributed by atoms with van der Waals surface area (Å²) >= 11 is 0. The van der Waals surface area contributed by atoms with Crippen LogP contribution < -0.4 is 0 Å². The fourth-order valence-corrected chi connectivity index (χ4v) is 2.90. The molecule has 0 unspecified atom stereocenters. The van der Waals surface area contributed by atoms with Crippen LogP contribution in [0.1, 0.15) is 11.1 Å². The molecule has 18 heavy (non-hydrogen) atoms. The van der Waals surface area contributed by atoms with Gasteiger partial charge in [0, 0.05) is 4.90 Å². The van der Waals surface area contributed by atoms with Crippen molar-refractivity contribution < 1.29 is 8.60 Å². The average molecular weight is 259 g/mol. The van der Waals surface area contributed by atoms with Crippen LogP contribution in [0.15, 0.2) is 52.3 Å². The second-order valence-corrected chi connectivity index (χ2v) is 5.26. The lowest BCUT2D eigenvalue weighted by Crippen LogP contribution is -1.98. The molecule has 2 aromatic rings. The van der Waals surface area contributed by atoms with E-state index in [1.807, 2.05) is 13.0 Å². The molecule has 2 rings (SSSR count). The van der Waals surface area contributed by atoms with Gasteiger partial charge in [0.05, 0.1) is 15.7 Å². The van der Waals surface area contributed by atoms with Crippen molar-refractivity contribution in [2.24, 2.45) is 0 Å². The van der Waals surface area contributed by atoms with Gasteiger partial charge in [0.1, 0.15) is 17.4 Å². The molecule has 0 saturated heterocycles. The van der Waals surface area contributed by atoms with E-state index in [2.05, 4.69) is 0 Å². The Labute approximate surface area is 107 Å². The quantitative estimate of drug-likeness (QED) is 0.831. The number of halogens is 1. The van der Waals surface area contributed by atoms with Crippen LogP contribution in [0.4, 0.5) is 4.39 Å². The van der Waals surface area contributed by atoms with E-state index in [-0.39, 0.29) is 10.5 Å². The molecule has 90 valence electrons. The summed E-state index contributed by atoms with van der Waals surface area (Å²) in [6.07, 6.45) is 0. The topological polar surface area (TPSA) is 40.9 Å². The van der Waals surface area contributed by atoms with Gasteiger partial charge in [-0.2, -0.15) is 5.26 Å². The Morgan fingerprint density at radius 1 is 1.22 bits per heavy atom. The molecule has 0 radical (unpaired) electrons. The second kappa shape index (κ2) is 5.11. The third kappa shape index (κ3) is 2.31. The molecule has 0 N–H and O–H groups in total. The zero-order chi connectivity index (χ0) is 13.1. The van der Waals surface area contributed by atoms with Crippen molar-refractivity contribution in [2.75, 3.05) is 0 Å². The number of nitriles is 1. The predicted molar refractivity (Wildman–Crippen MR) is 67.0 cm³/mol. The van der Waals surface area contributed by atoms with Gasteiger partial charge >= 0.3 is 0 Å². The highest BCUT2D eigenvalue weighted by Gasteiger charge is 2.15. The van der Waals surface area contributed by atoms with Gasteiger partial charge in [-0.1, -0.05) is 18.2 Å². The highest BCUT2D eigenvalue weighted by atomic mass is 32.2. The minimum absolute atomic E-state index is 0.155. The highest BCUT2D eigenvalue weighted by Crippen LogP contribution is 2.22. The standard InChI is InChI=1S/C14H10FNOS/c1-10-4-2-5-11(8-10)18(17)14-7-3-6-13(15)12(14)9-16/h2-8H,1H3/t18-/m1/s1. The van der Waals surface area contributed by atoms with Gasteiger partial charge in [-0.25, -0.2) is 8.60 Å². The molecule has 2 aromatic carbocycles. The molecule has 0 aromatic heterocycles. The Morgan fingerprint density at radius 2 is 1.94 bits per heavy atom. The first-order chi connectivity index (χ1) is 8.63. The molecule has 1 atom stereocenters. The Bertz CT molecular complexity index is 661. The van der Waals surface area contributed by atoms with E-state index in [0.29, 0.717) is 4.90 Å². The van der Waals surface area contributed by atoms with Gasteiger partial charge in [0.2, 0.25) is 0 Å². The van der Waals surface area contributed by atoms with Crippen LogP contribution >= 0.6 is 0 Å². The Hall–Kier alpha value is -1.99. The molecule has 0 saturated carbocycles. The average Bonchev–Trinajstić information content (AvgIpc) is 2.37. The molecule has 0 amide bonds. The monoisotopic (exact) mass is 259 g/mol. The maximum absolute atomic E-state index is 13.4. The molecular formula is C14H10FNOS. The SMILES string of the molecule is Cc1cccc([S@@](=O)c2cccc(F)c2C#N)c1. The Kier molecular flexibility index (Phi) is 3.54. The lowest BCUT2D eigenvalue weighted by atomic mass is 10.2. The molecule has 2 nitrogen and oxygen atoms in total. The van der Waals surface area contributed by atoms with Crippen LogP contribution in [0.25, 0.3) is 0 Å². The minimum Gasteiger partial charge on any atom is -0.249 e. The first-order valence-corrected chi connectivity index (χ1v) is 6.45. The summed E-state index contributed by atoms with van der Waals surface area (Å²) < 4.78 is 25.8. The molecule has 0 heterocycles. The lowest BCUT2D eigenvalue weighted by Gasteiger charge is -2.05. The van der Waals surface area contributed by atoms with Gasteiger partial charge in [-0.05, 0) is 36.8 Å². The van der Waals surface area contributed by atoms with Gasteiger partial charge in [0.25, 0.3) is 0 Å². The minimum atomic E-state index is -1.54. The molecule has 4 heteroatoms. The van der Waals surface area contributed by atoms with E-state index in [1.165, 1.54) is 18.2 Å². The zero-order valence-corrected chi connectivity index (χ0v) is 10.5. The molecule has 0 spiro atoms. The van der Waals surface area contributed by atoms with Crippen molar-refractivity contribution >= 4 is 10.8 Å². The number of hydrogen-bond donors (Lipinski definition) is 0. The third-order valence-electron chi connectivity index (χ3n) is 2.49. The number of rotatable bonds is 2. The van der Waals surface area contributed by atoms with Crippen LogP contribution in [0.3, 0.4) is 0 Å². The van der Waals surface area contributed by atoms with Gasteiger partial charge < -0.3 is 0 Å². The Morgan fingerprint density at radius 3 is 2.61 bits per heavy atom. The molecule has 0 bridgehead atoms. The van der Waals surface area contributed by atoms with Crippen LogP contribution in [0, 0.1) is 24.1 Å². The fraction of sp³-hybridized carbons (Fsp3) is 0.0714. The smallest absolute Gasteiger partial charge is 0.142 e. The van der Waals surface area contributed by atoms with Crippen LogP contribution in [-0.4, -0.2) is 4.21 Å². The summed E-state index contributed by atoms with van der Waals surface area (Å²) in [6.45, 7) is 1.89. The van der Waals surface area contributed by atoms with E-state index in [0.717, 1.165) is 5.56 Å². The first kappa shape index (κ1) is 12.5. The van der Waals surface area contributed by atoms with Crippen LogP contribution in [-0.2, 0) is 10.8 Å². The van der Waals surface area contributed by atoms with Gasteiger partial charge in [-0.15, -0.1) is 0 Å². The molecular weight excluding hydrogens is 249 g/mol. The number of nitrogens with zero attached hydrogens (tertiary/aromatic N) is 1. The maximum atomic E-state index is 13.4. The highest BCUT2D eigenvalue weighted by molar-refractivity contribution is 7.85. The summed E-state index contributed by atoms with van der Waals surface area (Å²) in [6, 6.07) is 13.1. The van der Waals surface area contributed by atoms with E-state index in [4.69, 9.17) is 5.26 Å². The molecule has 0 fully saturated rings. The van der Waals surface area contributed by atoms with E-state index >= 15 is 0 Å². The maximum Gasteiger partial charge on any atom is 0.142 e.